The molecule has 0 radical (unpaired) electrons. The molecule has 1 fully saturated rings. The molecule has 1 aromatic rings. The van der Waals surface area contributed by atoms with Crippen molar-refractivity contribution in [3.63, 3.8) is 0 Å². The van der Waals surface area contributed by atoms with Crippen molar-refractivity contribution < 1.29 is 4.42 Å². The Bertz CT molecular complexity index is 305. The van der Waals surface area contributed by atoms with E-state index in [1.54, 1.807) is 0 Å². The Morgan fingerprint density at radius 2 is 2.50 bits per heavy atom. The van der Waals surface area contributed by atoms with Gasteiger partial charge in [0.2, 0.25) is 5.89 Å². The van der Waals surface area contributed by atoms with Gasteiger partial charge in [0.1, 0.15) is 5.76 Å². The average molecular weight is 212 g/mol. The normalized spacial score (nSPS) is 22.6. The van der Waals surface area contributed by atoms with Crippen molar-refractivity contribution in [3.05, 3.63) is 17.3 Å². The van der Waals surface area contributed by atoms with E-state index in [1.165, 1.54) is 5.75 Å². The van der Waals surface area contributed by atoms with Crippen LogP contribution in [0.4, 0.5) is 0 Å². The first-order valence-electron chi connectivity index (χ1n) is 5.08. The zero-order valence-electron chi connectivity index (χ0n) is 8.67. The van der Waals surface area contributed by atoms with Crippen LogP contribution < -0.4 is 5.32 Å². The molecule has 2 rings (SSSR count). The van der Waals surface area contributed by atoms with Gasteiger partial charge in [0, 0.05) is 18.1 Å². The van der Waals surface area contributed by atoms with Gasteiger partial charge in [-0.1, -0.05) is 6.92 Å². The van der Waals surface area contributed by atoms with E-state index in [-0.39, 0.29) is 0 Å². The summed E-state index contributed by atoms with van der Waals surface area (Å²) in [6, 6.07) is 0.313. The van der Waals surface area contributed by atoms with Gasteiger partial charge in [-0.25, -0.2) is 4.98 Å². The highest BCUT2D eigenvalue weighted by atomic mass is 32.2. The number of thioether (sulfide) groups is 1. The van der Waals surface area contributed by atoms with Crippen LogP contribution in [-0.4, -0.2) is 23.0 Å². The Balaban J connectivity index is 2.14. The lowest BCUT2D eigenvalue weighted by Gasteiger charge is -2.19. The Kier molecular flexibility index (Phi) is 3.13. The van der Waals surface area contributed by atoms with Crippen molar-refractivity contribution in [1.82, 2.24) is 10.3 Å². The van der Waals surface area contributed by atoms with E-state index >= 15 is 0 Å². The zero-order chi connectivity index (χ0) is 9.97. The third-order valence-corrected chi connectivity index (χ3v) is 3.53. The Morgan fingerprint density at radius 3 is 3.07 bits per heavy atom. The second kappa shape index (κ2) is 4.36. The van der Waals surface area contributed by atoms with E-state index in [1.807, 2.05) is 18.7 Å². The molecule has 14 heavy (non-hydrogen) atoms. The van der Waals surface area contributed by atoms with Gasteiger partial charge in [-0.3, -0.25) is 0 Å². The third-order valence-electron chi connectivity index (χ3n) is 2.46. The van der Waals surface area contributed by atoms with E-state index in [9.17, 15) is 0 Å². The topological polar surface area (TPSA) is 38.1 Å². The number of nitrogens with one attached hydrogen (secondary N) is 1. The maximum absolute atomic E-state index is 5.66. The molecule has 1 aliphatic heterocycles. The SMILES string of the molecule is CCc1nc(C2CSCCN2)oc1C. The second-order valence-electron chi connectivity index (χ2n) is 3.49. The van der Waals surface area contributed by atoms with Crippen LogP contribution in [0.3, 0.4) is 0 Å². The molecule has 0 aromatic carbocycles. The van der Waals surface area contributed by atoms with Crippen LogP contribution >= 0.6 is 11.8 Å². The monoisotopic (exact) mass is 212 g/mol. The number of aromatic nitrogens is 1. The smallest absolute Gasteiger partial charge is 0.212 e. The van der Waals surface area contributed by atoms with Crippen LogP contribution in [0.1, 0.15) is 30.3 Å². The van der Waals surface area contributed by atoms with E-state index in [4.69, 9.17) is 4.42 Å². The minimum absolute atomic E-state index is 0.313. The first-order valence-corrected chi connectivity index (χ1v) is 6.24. The molecule has 0 amide bonds. The Labute approximate surface area is 88.7 Å². The Hall–Kier alpha value is -0.480. The molecule has 1 atom stereocenters. The molecular formula is C10H16N2OS. The van der Waals surface area contributed by atoms with Crippen molar-refractivity contribution in [2.75, 3.05) is 18.1 Å². The van der Waals surface area contributed by atoms with Gasteiger partial charge in [-0.05, 0) is 13.3 Å². The number of rotatable bonds is 2. The molecule has 4 heteroatoms. The van der Waals surface area contributed by atoms with Gasteiger partial charge < -0.3 is 9.73 Å². The molecule has 1 unspecified atom stereocenters. The number of hydrogen-bond acceptors (Lipinski definition) is 4. The molecule has 3 nitrogen and oxygen atoms in total. The molecule has 0 bridgehead atoms. The number of aryl methyl sites for hydroxylation is 2. The molecule has 1 aliphatic rings. The van der Waals surface area contributed by atoms with Crippen LogP contribution in [0.25, 0.3) is 0 Å². The highest BCUT2D eigenvalue weighted by molar-refractivity contribution is 7.99. The average Bonchev–Trinajstić information content (AvgIpc) is 2.61. The zero-order valence-corrected chi connectivity index (χ0v) is 9.49. The van der Waals surface area contributed by atoms with E-state index in [2.05, 4.69) is 17.2 Å². The van der Waals surface area contributed by atoms with Crippen LogP contribution in [-0.2, 0) is 6.42 Å². The minimum Gasteiger partial charge on any atom is -0.444 e. The van der Waals surface area contributed by atoms with Gasteiger partial charge in [-0.2, -0.15) is 11.8 Å². The van der Waals surface area contributed by atoms with Gasteiger partial charge in [0.25, 0.3) is 0 Å². The molecular weight excluding hydrogens is 196 g/mol. The van der Waals surface area contributed by atoms with E-state index in [0.717, 1.165) is 36.1 Å². The maximum atomic E-state index is 5.66. The summed E-state index contributed by atoms with van der Waals surface area (Å²) >= 11 is 1.96. The first-order chi connectivity index (χ1) is 6.81. The lowest BCUT2D eigenvalue weighted by atomic mass is 10.3. The van der Waals surface area contributed by atoms with Crippen LogP contribution in [0.5, 0.6) is 0 Å². The first kappa shape index (κ1) is 10.1. The van der Waals surface area contributed by atoms with Crippen LogP contribution in [0, 0.1) is 6.92 Å². The largest absolute Gasteiger partial charge is 0.444 e. The fraction of sp³-hybridized carbons (Fsp3) is 0.700. The fourth-order valence-electron chi connectivity index (χ4n) is 1.65. The molecule has 0 spiro atoms. The fourth-order valence-corrected chi connectivity index (χ4v) is 2.58. The summed E-state index contributed by atoms with van der Waals surface area (Å²) in [6.07, 6.45) is 0.954. The molecule has 78 valence electrons. The summed E-state index contributed by atoms with van der Waals surface area (Å²) in [5.74, 6) is 4.10. The lowest BCUT2D eigenvalue weighted by Crippen LogP contribution is -2.30. The predicted octanol–water partition coefficient (Wildman–Crippen LogP) is 1.92. The summed E-state index contributed by atoms with van der Waals surface area (Å²) in [4.78, 5) is 4.51. The molecule has 1 N–H and O–H groups in total. The summed E-state index contributed by atoms with van der Waals surface area (Å²) < 4.78 is 5.66. The van der Waals surface area contributed by atoms with Crippen molar-refractivity contribution in [1.29, 1.82) is 0 Å². The summed E-state index contributed by atoms with van der Waals surface area (Å²) in [5, 5.41) is 3.42. The van der Waals surface area contributed by atoms with Crippen molar-refractivity contribution in [2.45, 2.75) is 26.3 Å². The Morgan fingerprint density at radius 1 is 1.64 bits per heavy atom. The third kappa shape index (κ3) is 1.96. The molecule has 2 heterocycles. The highest BCUT2D eigenvalue weighted by Gasteiger charge is 2.21. The summed E-state index contributed by atoms with van der Waals surface area (Å²) in [5.41, 5.74) is 1.09. The van der Waals surface area contributed by atoms with E-state index < -0.39 is 0 Å². The molecule has 0 aliphatic carbocycles. The van der Waals surface area contributed by atoms with Gasteiger partial charge >= 0.3 is 0 Å². The summed E-state index contributed by atoms with van der Waals surface area (Å²) in [6.45, 7) is 5.15. The molecule has 0 saturated carbocycles. The van der Waals surface area contributed by atoms with Gasteiger partial charge in [0.15, 0.2) is 0 Å². The summed E-state index contributed by atoms with van der Waals surface area (Å²) in [7, 11) is 0. The number of oxazole rings is 1. The van der Waals surface area contributed by atoms with Gasteiger partial charge in [-0.15, -0.1) is 0 Å². The standard InChI is InChI=1S/C10H16N2OS/c1-3-8-7(2)13-10(12-8)9-6-14-5-4-11-9/h9,11H,3-6H2,1-2H3. The van der Waals surface area contributed by atoms with Crippen LogP contribution in [0.15, 0.2) is 4.42 Å². The van der Waals surface area contributed by atoms with Crippen LogP contribution in [0.2, 0.25) is 0 Å². The minimum atomic E-state index is 0.313. The quantitative estimate of drug-likeness (QED) is 0.813. The lowest BCUT2D eigenvalue weighted by molar-refractivity contribution is 0.408. The maximum Gasteiger partial charge on any atom is 0.212 e. The van der Waals surface area contributed by atoms with Crippen molar-refractivity contribution in [2.24, 2.45) is 0 Å². The van der Waals surface area contributed by atoms with Gasteiger partial charge in [0.05, 0.1) is 11.7 Å². The number of nitrogens with zero attached hydrogens (tertiary/aromatic N) is 1. The second-order valence-corrected chi connectivity index (χ2v) is 4.64. The van der Waals surface area contributed by atoms with Crippen molar-refractivity contribution in [3.8, 4) is 0 Å². The highest BCUT2D eigenvalue weighted by Crippen LogP contribution is 2.23. The predicted molar refractivity (Wildman–Crippen MR) is 58.7 cm³/mol. The van der Waals surface area contributed by atoms with Crippen molar-refractivity contribution >= 4 is 11.8 Å². The van der Waals surface area contributed by atoms with E-state index in [0.29, 0.717) is 6.04 Å². The molecule has 1 saturated heterocycles. The number of hydrogen-bond donors (Lipinski definition) is 1. The molecule has 1 aromatic heterocycles.